The number of likely N-dealkylation sites (N-methyl/N-ethyl adjacent to an activating group) is 2. The maximum Gasteiger partial charge on any atom is 0.242 e. The van der Waals surface area contributed by atoms with E-state index in [0.717, 1.165) is 30.7 Å². The third kappa shape index (κ3) is 16.6. The molecular formula is C42H72N6O7S. The second kappa shape index (κ2) is 27.2. The van der Waals surface area contributed by atoms with Gasteiger partial charge in [-0.3, -0.25) is 24.1 Å². The van der Waals surface area contributed by atoms with Gasteiger partial charge < -0.3 is 35.0 Å². The molecule has 4 amide bonds. The largest absolute Gasteiger partial charge is 0.396 e. The Morgan fingerprint density at radius 1 is 1.00 bits per heavy atom. The van der Waals surface area contributed by atoms with Gasteiger partial charge in [-0.05, 0) is 52.1 Å². The number of nitrogens with zero attached hydrogens (tertiary/aromatic N) is 4. The summed E-state index contributed by atoms with van der Waals surface area (Å²) in [6.45, 7) is 14.9. The lowest BCUT2D eigenvalue weighted by Gasteiger charge is -2.39. The number of rotatable bonds is 19. The summed E-state index contributed by atoms with van der Waals surface area (Å²) in [6, 6.07) is 9.26. The van der Waals surface area contributed by atoms with Crippen molar-refractivity contribution >= 4 is 35.0 Å². The van der Waals surface area contributed by atoms with Crippen LogP contribution in [0.1, 0.15) is 84.2 Å². The third-order valence-electron chi connectivity index (χ3n) is 10.2. The van der Waals surface area contributed by atoms with E-state index in [1.165, 1.54) is 16.9 Å². The minimum atomic E-state index is -0.566. The van der Waals surface area contributed by atoms with Gasteiger partial charge in [0.05, 0.1) is 55.8 Å². The maximum absolute atomic E-state index is 13.9. The summed E-state index contributed by atoms with van der Waals surface area (Å²) in [7, 11) is 8.53. The molecule has 318 valence electrons. The first-order valence-corrected chi connectivity index (χ1v) is 20.8. The summed E-state index contributed by atoms with van der Waals surface area (Å²) < 4.78 is 11.7. The molecule has 2 heterocycles. The number of aryl methyl sites for hydroxylation is 1. The highest BCUT2D eigenvalue weighted by Crippen LogP contribution is 2.29. The van der Waals surface area contributed by atoms with Gasteiger partial charge in [0, 0.05) is 46.0 Å². The topological polar surface area (TPSA) is 154 Å². The lowest BCUT2D eigenvalue weighted by molar-refractivity contribution is -0.146. The van der Waals surface area contributed by atoms with E-state index in [2.05, 4.69) is 34.7 Å². The van der Waals surface area contributed by atoms with Gasteiger partial charge in [-0.2, -0.15) is 0 Å². The van der Waals surface area contributed by atoms with Crippen molar-refractivity contribution in [3.05, 3.63) is 52.5 Å². The Bertz CT molecular complexity index is 1390. The van der Waals surface area contributed by atoms with Crippen molar-refractivity contribution in [1.29, 1.82) is 0 Å². The standard InChI is InChI=1S/C32H56N6O6S.C7H8.C3H8O/c1-11-21(4)29(37(8)27(40)19-35-32(42)28(20(2)3)36(6)7)24(43-9)17-26(39)38-15-12-13-23(38)30(44-10)22(5)31(41)34-18-25-33-14-16-45-25;1-7-5-3-2-4-6-7;1-2-3-4/h14,16,20-24,28-30H,11-13,15,17-19H2,1-10H3,(H,34,41)(H,35,42);2-6H,1H3;4H,2-3H2,1H3. The van der Waals surface area contributed by atoms with Crippen LogP contribution in [0.5, 0.6) is 0 Å². The van der Waals surface area contributed by atoms with Gasteiger partial charge >= 0.3 is 0 Å². The first-order valence-electron chi connectivity index (χ1n) is 19.9. The molecular weight excluding hydrogens is 733 g/mol. The summed E-state index contributed by atoms with van der Waals surface area (Å²) in [5, 5.41) is 16.3. The van der Waals surface area contributed by atoms with Crippen molar-refractivity contribution in [2.75, 3.05) is 55.1 Å². The Balaban J connectivity index is 0.00000123. The number of hydrogen-bond donors (Lipinski definition) is 3. The number of benzene rings is 1. The predicted octanol–water partition coefficient (Wildman–Crippen LogP) is 4.77. The molecule has 1 aromatic carbocycles. The SMILES string of the molecule is CCC(C)C(C(CC(=O)N1CCCC1C(OC)C(C)C(=O)NCc1nccs1)OC)N(C)C(=O)CNC(=O)C(C(C)C)N(C)C.CCCO.Cc1ccccc1. The third-order valence-corrected chi connectivity index (χ3v) is 11.0. The Kier molecular flexibility index (Phi) is 24.6. The number of amides is 4. The van der Waals surface area contributed by atoms with Gasteiger partial charge in [-0.15, -0.1) is 11.3 Å². The number of hydrogen-bond acceptors (Lipinski definition) is 10. The number of aromatic nitrogens is 1. The molecule has 0 bridgehead atoms. The lowest BCUT2D eigenvalue weighted by Crippen LogP contribution is -2.55. The normalized spacial score (nSPS) is 17.0. The molecule has 1 aliphatic rings. The molecule has 1 fully saturated rings. The zero-order chi connectivity index (χ0) is 42.4. The van der Waals surface area contributed by atoms with Crippen molar-refractivity contribution < 1.29 is 33.8 Å². The van der Waals surface area contributed by atoms with E-state index >= 15 is 0 Å². The smallest absolute Gasteiger partial charge is 0.242 e. The molecule has 1 saturated heterocycles. The fourth-order valence-electron chi connectivity index (χ4n) is 7.05. The van der Waals surface area contributed by atoms with Gasteiger partial charge in [0.25, 0.3) is 0 Å². The Hall–Kier alpha value is -3.43. The van der Waals surface area contributed by atoms with Crippen molar-refractivity contribution in [1.82, 2.24) is 30.3 Å². The molecule has 2 aromatic rings. The highest BCUT2D eigenvalue weighted by molar-refractivity contribution is 7.09. The second-order valence-electron chi connectivity index (χ2n) is 15.0. The van der Waals surface area contributed by atoms with E-state index in [1.807, 2.05) is 89.0 Å². The average Bonchev–Trinajstić information content (AvgIpc) is 3.89. The van der Waals surface area contributed by atoms with E-state index in [0.29, 0.717) is 19.7 Å². The molecule has 7 unspecified atom stereocenters. The summed E-state index contributed by atoms with van der Waals surface area (Å²) in [5.41, 5.74) is 1.32. The Morgan fingerprint density at radius 3 is 2.11 bits per heavy atom. The van der Waals surface area contributed by atoms with E-state index in [-0.39, 0.29) is 60.5 Å². The molecule has 14 heteroatoms. The van der Waals surface area contributed by atoms with E-state index in [4.69, 9.17) is 14.6 Å². The predicted molar refractivity (Wildman–Crippen MR) is 224 cm³/mol. The number of likely N-dealkylation sites (tertiary alicyclic amines) is 1. The Morgan fingerprint density at radius 2 is 1.64 bits per heavy atom. The Labute approximate surface area is 340 Å². The molecule has 0 aliphatic carbocycles. The van der Waals surface area contributed by atoms with Crippen LogP contribution in [0.25, 0.3) is 0 Å². The van der Waals surface area contributed by atoms with Crippen LogP contribution in [0.4, 0.5) is 0 Å². The van der Waals surface area contributed by atoms with E-state index < -0.39 is 24.2 Å². The molecule has 1 aromatic heterocycles. The monoisotopic (exact) mass is 805 g/mol. The van der Waals surface area contributed by atoms with Crippen molar-refractivity contribution in [2.24, 2.45) is 17.8 Å². The molecule has 13 nitrogen and oxygen atoms in total. The quantitative estimate of drug-likeness (QED) is 0.182. The number of carbonyl (C=O) groups is 4. The molecule has 0 saturated carbocycles. The van der Waals surface area contributed by atoms with Crippen LogP contribution >= 0.6 is 11.3 Å². The van der Waals surface area contributed by atoms with Crippen LogP contribution in [0, 0.1) is 24.7 Å². The minimum absolute atomic E-state index is 0.0280. The number of aliphatic hydroxyl groups excluding tert-OH is 1. The number of methoxy groups -OCH3 is 2. The minimum Gasteiger partial charge on any atom is -0.396 e. The number of nitrogens with one attached hydrogen (secondary N) is 2. The van der Waals surface area contributed by atoms with Gasteiger partial charge in [0.1, 0.15) is 5.01 Å². The van der Waals surface area contributed by atoms with Gasteiger partial charge in [-0.25, -0.2) is 4.98 Å². The molecule has 0 spiro atoms. The van der Waals surface area contributed by atoms with Crippen molar-refractivity contribution in [3.8, 4) is 0 Å². The molecule has 1 aliphatic heterocycles. The number of carbonyl (C=O) groups excluding carboxylic acids is 4. The van der Waals surface area contributed by atoms with Crippen molar-refractivity contribution in [3.63, 3.8) is 0 Å². The fraction of sp³-hybridized carbons (Fsp3) is 0.690. The number of thiazole rings is 1. The fourth-order valence-corrected chi connectivity index (χ4v) is 7.61. The zero-order valence-corrected chi connectivity index (χ0v) is 36.9. The van der Waals surface area contributed by atoms with Crippen molar-refractivity contribution in [2.45, 2.75) is 117 Å². The highest BCUT2D eigenvalue weighted by Gasteiger charge is 2.42. The van der Waals surface area contributed by atoms with Gasteiger partial charge in [0.15, 0.2) is 0 Å². The van der Waals surface area contributed by atoms with Crippen LogP contribution in [-0.4, -0.2) is 134 Å². The van der Waals surface area contributed by atoms with Crippen LogP contribution < -0.4 is 10.6 Å². The first-order chi connectivity index (χ1) is 26.6. The molecule has 7 atom stereocenters. The summed E-state index contributed by atoms with van der Waals surface area (Å²) in [5.74, 6) is -1.08. The van der Waals surface area contributed by atoms with Crippen LogP contribution in [0.3, 0.4) is 0 Å². The van der Waals surface area contributed by atoms with Gasteiger partial charge in [0.2, 0.25) is 23.6 Å². The number of ether oxygens (including phenoxy) is 2. The lowest BCUT2D eigenvalue weighted by atomic mass is 9.90. The van der Waals surface area contributed by atoms with E-state index in [9.17, 15) is 19.2 Å². The maximum atomic E-state index is 13.9. The first kappa shape index (κ1) is 50.6. The van der Waals surface area contributed by atoms with Gasteiger partial charge in [-0.1, -0.05) is 83.9 Å². The van der Waals surface area contributed by atoms with Crippen LogP contribution in [0.2, 0.25) is 0 Å². The summed E-state index contributed by atoms with van der Waals surface area (Å²) in [4.78, 5) is 62.6. The van der Waals surface area contributed by atoms with Crippen LogP contribution in [0.15, 0.2) is 41.9 Å². The number of aliphatic hydroxyl groups is 1. The highest BCUT2D eigenvalue weighted by atomic mass is 32.1. The van der Waals surface area contributed by atoms with E-state index in [1.54, 1.807) is 32.4 Å². The average molecular weight is 805 g/mol. The molecule has 56 heavy (non-hydrogen) atoms. The molecule has 0 radical (unpaired) electrons. The summed E-state index contributed by atoms with van der Waals surface area (Å²) in [6.07, 6.45) is 3.90. The van der Waals surface area contributed by atoms with Crippen LogP contribution in [-0.2, 0) is 35.2 Å². The zero-order valence-electron chi connectivity index (χ0n) is 36.1. The summed E-state index contributed by atoms with van der Waals surface area (Å²) >= 11 is 1.48. The molecule has 3 rings (SSSR count). The molecule has 3 N–H and O–H groups in total. The second-order valence-corrected chi connectivity index (χ2v) is 16.0.